The molecule has 14 nitrogen and oxygen atoms in total. The molecule has 2 saturated carbocycles. The number of carboxylic acid groups (broad SMARTS) is 1. The number of hydrogen-bond donors (Lipinski definition) is 3. The van der Waals surface area contributed by atoms with E-state index in [9.17, 15) is 32.3 Å². The number of allylic oxidation sites excluding steroid dienone is 1. The molecular weight excluding hydrogens is 758 g/mol. The number of pyridine rings is 1. The van der Waals surface area contributed by atoms with Crippen LogP contribution >= 0.6 is 0 Å². The first-order valence-electron chi connectivity index (χ1n) is 19.9. The van der Waals surface area contributed by atoms with E-state index >= 15 is 4.79 Å². The van der Waals surface area contributed by atoms with Crippen LogP contribution in [0.3, 0.4) is 0 Å². The SMILES string of the molecule is CC(C)Oc1cc2ccccc2c(O[C@@H]2C[C@H]3C(=O)N[C@]4(C(=O)NS(=O)(=O)C5(CF)CC5)C[C@H]4C=CCC[C@@H](C)C[C@@H](C)[C@H](N(C(=O)O)C(C)(C)C)C(=O)N3C2)n1. The van der Waals surface area contributed by atoms with Gasteiger partial charge in [0, 0.05) is 29.3 Å². The average Bonchev–Trinajstić information content (AvgIpc) is 4.02. The second kappa shape index (κ2) is 15.7. The predicted octanol–water partition coefficient (Wildman–Crippen LogP) is 5.35. The van der Waals surface area contributed by atoms with E-state index in [0.717, 1.165) is 10.3 Å². The lowest BCUT2D eigenvalue weighted by Crippen LogP contribution is -2.62. The fraction of sp³-hybridized carbons (Fsp3) is 0.634. The molecule has 6 rings (SSSR count). The maximum Gasteiger partial charge on any atom is 0.408 e. The van der Waals surface area contributed by atoms with Gasteiger partial charge in [-0.2, -0.15) is 4.98 Å². The van der Waals surface area contributed by atoms with Crippen molar-refractivity contribution in [3.63, 3.8) is 0 Å². The summed E-state index contributed by atoms with van der Waals surface area (Å²) in [6.07, 6.45) is 3.40. The van der Waals surface area contributed by atoms with Gasteiger partial charge in [-0.1, -0.05) is 44.2 Å². The largest absolute Gasteiger partial charge is 0.475 e. The van der Waals surface area contributed by atoms with Gasteiger partial charge in [-0.3, -0.25) is 24.0 Å². The molecule has 4 aliphatic rings. The van der Waals surface area contributed by atoms with Crippen molar-refractivity contribution in [3.05, 3.63) is 42.5 Å². The first-order chi connectivity index (χ1) is 26.7. The predicted molar refractivity (Wildman–Crippen MR) is 211 cm³/mol. The zero-order valence-electron chi connectivity index (χ0n) is 33.8. The number of sulfonamides is 1. The number of alkyl halides is 1. The van der Waals surface area contributed by atoms with Crippen molar-refractivity contribution >= 4 is 44.6 Å². The lowest BCUT2D eigenvalue weighted by atomic mass is 9.85. The topological polar surface area (TPSA) is 185 Å². The maximum absolute atomic E-state index is 15.1. The minimum Gasteiger partial charge on any atom is -0.475 e. The average molecular weight is 814 g/mol. The summed E-state index contributed by atoms with van der Waals surface area (Å²) in [4.78, 5) is 63.9. The normalized spacial score (nSPS) is 29.0. The van der Waals surface area contributed by atoms with Gasteiger partial charge in [-0.15, -0.1) is 0 Å². The number of hydrogen-bond acceptors (Lipinski definition) is 9. The number of ether oxygens (including phenoxy) is 2. The molecule has 2 aliphatic heterocycles. The second-order valence-corrected chi connectivity index (χ2v) is 19.8. The summed E-state index contributed by atoms with van der Waals surface area (Å²) in [5, 5.41) is 14.9. The number of amides is 4. The molecule has 312 valence electrons. The third-order valence-electron chi connectivity index (χ3n) is 11.7. The van der Waals surface area contributed by atoms with E-state index in [2.05, 4.69) is 15.0 Å². The molecule has 3 N–H and O–H groups in total. The summed E-state index contributed by atoms with van der Waals surface area (Å²) in [6, 6.07) is 6.78. The van der Waals surface area contributed by atoms with Gasteiger partial charge in [0.2, 0.25) is 33.6 Å². The molecule has 7 atom stereocenters. The van der Waals surface area contributed by atoms with E-state index < -0.39 is 86.4 Å². The van der Waals surface area contributed by atoms with Gasteiger partial charge in [0.1, 0.15) is 35.1 Å². The first kappa shape index (κ1) is 42.1. The molecule has 57 heavy (non-hydrogen) atoms. The summed E-state index contributed by atoms with van der Waals surface area (Å²) in [5.41, 5.74) is -2.69. The molecule has 0 spiro atoms. The van der Waals surface area contributed by atoms with Crippen molar-refractivity contribution in [3.8, 4) is 11.8 Å². The molecule has 3 fully saturated rings. The Balaban J connectivity index is 1.40. The second-order valence-electron chi connectivity index (χ2n) is 17.7. The third kappa shape index (κ3) is 8.56. The maximum atomic E-state index is 15.1. The zero-order valence-corrected chi connectivity index (χ0v) is 34.6. The van der Waals surface area contributed by atoms with Crippen LogP contribution < -0.4 is 19.5 Å². The van der Waals surface area contributed by atoms with E-state index in [1.165, 1.54) is 4.90 Å². The van der Waals surface area contributed by atoms with Gasteiger partial charge >= 0.3 is 6.09 Å². The zero-order chi connectivity index (χ0) is 41.7. The van der Waals surface area contributed by atoms with Crippen LogP contribution in [0.1, 0.15) is 93.4 Å². The van der Waals surface area contributed by atoms with Crippen molar-refractivity contribution in [2.24, 2.45) is 17.8 Å². The molecule has 16 heteroatoms. The highest BCUT2D eigenvalue weighted by atomic mass is 32.2. The first-order valence-corrected chi connectivity index (χ1v) is 21.4. The van der Waals surface area contributed by atoms with E-state index in [1.807, 2.05) is 58.0 Å². The van der Waals surface area contributed by atoms with Crippen molar-refractivity contribution in [1.82, 2.24) is 24.8 Å². The molecule has 0 bridgehead atoms. The third-order valence-corrected chi connectivity index (χ3v) is 13.9. The summed E-state index contributed by atoms with van der Waals surface area (Å²) in [5.74, 6) is -2.71. The van der Waals surface area contributed by atoms with Crippen LogP contribution in [-0.2, 0) is 24.4 Å². The molecule has 2 aliphatic carbocycles. The minimum atomic E-state index is -4.41. The van der Waals surface area contributed by atoms with Gasteiger partial charge in [0.05, 0.1) is 12.6 Å². The van der Waals surface area contributed by atoms with Crippen LogP contribution in [0.4, 0.5) is 9.18 Å². The quantitative estimate of drug-likeness (QED) is 0.279. The highest BCUT2D eigenvalue weighted by Gasteiger charge is 2.64. The molecule has 4 amide bonds. The molecule has 2 aromatic rings. The number of benzene rings is 1. The van der Waals surface area contributed by atoms with E-state index in [-0.39, 0.29) is 50.1 Å². The van der Waals surface area contributed by atoms with E-state index in [4.69, 9.17) is 9.47 Å². The number of fused-ring (bicyclic) bond motifs is 3. The van der Waals surface area contributed by atoms with Crippen molar-refractivity contribution in [1.29, 1.82) is 0 Å². The Kier molecular flexibility index (Phi) is 11.6. The van der Waals surface area contributed by atoms with Crippen LogP contribution in [0, 0.1) is 17.8 Å². The fourth-order valence-corrected chi connectivity index (χ4v) is 9.84. The standard InChI is InChI=1S/C41H56FN5O9S/c1-24(2)55-32-19-27-13-9-11-15-30(27)35(43-32)56-29-20-31-34(48)44-41(37(50)45-57(53,54)40(23-42)16-17-40)21-28(41)14-10-8-12-25(3)18-26(4)33(36(49)46(31)22-29)47(38(51)52)39(5,6)7/h9-11,13-15,19,24-26,28-29,31,33H,8,12,16-18,20-23H2,1-7H3,(H,44,48)(H,45,50)(H,51,52)/t25-,26-,28-,29-,31+,33+,41-/m1/s1. The number of aromatic nitrogens is 1. The lowest BCUT2D eigenvalue weighted by molar-refractivity contribution is -0.146. The summed E-state index contributed by atoms with van der Waals surface area (Å²) in [7, 11) is -4.41. The number of rotatable bonds is 9. The smallest absolute Gasteiger partial charge is 0.408 e. The van der Waals surface area contributed by atoms with Crippen LogP contribution in [0.15, 0.2) is 42.5 Å². The summed E-state index contributed by atoms with van der Waals surface area (Å²) >= 11 is 0. The molecule has 1 aromatic carbocycles. The highest BCUT2D eigenvalue weighted by molar-refractivity contribution is 7.91. The number of nitrogens with zero attached hydrogens (tertiary/aromatic N) is 3. The molecular formula is C41H56FN5O9S. The van der Waals surface area contributed by atoms with Gasteiger partial charge in [0.25, 0.3) is 5.91 Å². The van der Waals surface area contributed by atoms with Crippen LogP contribution in [0.2, 0.25) is 0 Å². The Hall–Kier alpha value is -4.47. The summed E-state index contributed by atoms with van der Waals surface area (Å²) < 4.78 is 53.2. The van der Waals surface area contributed by atoms with Gasteiger partial charge in [0.15, 0.2) is 0 Å². The number of nitrogens with one attached hydrogen (secondary N) is 2. The molecule has 1 aromatic heterocycles. The monoisotopic (exact) mass is 813 g/mol. The van der Waals surface area contributed by atoms with Crippen LogP contribution in [-0.4, -0.2) is 105 Å². The Labute approximate surface area is 334 Å². The van der Waals surface area contributed by atoms with E-state index in [1.54, 1.807) is 32.9 Å². The van der Waals surface area contributed by atoms with Crippen LogP contribution in [0.25, 0.3) is 10.8 Å². The Bertz CT molecular complexity index is 2030. The Morgan fingerprint density at radius 1 is 1.16 bits per heavy atom. The molecule has 0 radical (unpaired) electrons. The van der Waals surface area contributed by atoms with Crippen molar-refractivity contribution < 1.29 is 46.6 Å². The Morgan fingerprint density at radius 3 is 2.49 bits per heavy atom. The van der Waals surface area contributed by atoms with Crippen molar-refractivity contribution in [2.75, 3.05) is 13.2 Å². The van der Waals surface area contributed by atoms with Crippen LogP contribution in [0.5, 0.6) is 11.8 Å². The van der Waals surface area contributed by atoms with Gasteiger partial charge < -0.3 is 24.8 Å². The number of carbonyl (C=O) groups is 4. The van der Waals surface area contributed by atoms with Crippen molar-refractivity contribution in [2.45, 2.75) is 134 Å². The Morgan fingerprint density at radius 2 is 1.86 bits per heavy atom. The van der Waals surface area contributed by atoms with Gasteiger partial charge in [-0.25, -0.2) is 17.6 Å². The number of carbonyl (C=O) groups excluding carboxylic acids is 3. The molecule has 0 unspecified atom stereocenters. The number of halogens is 1. The highest BCUT2D eigenvalue weighted by Crippen LogP contribution is 2.48. The summed E-state index contributed by atoms with van der Waals surface area (Å²) in [6.45, 7) is 11.5. The lowest BCUT2D eigenvalue weighted by Gasteiger charge is -2.43. The molecule has 3 heterocycles. The minimum absolute atomic E-state index is 0.0512. The molecule has 1 saturated heterocycles. The fourth-order valence-electron chi connectivity index (χ4n) is 8.41. The van der Waals surface area contributed by atoms with E-state index in [0.29, 0.717) is 30.5 Å². The van der Waals surface area contributed by atoms with Gasteiger partial charge in [-0.05, 0) is 96.4 Å².